The van der Waals surface area contributed by atoms with Crippen molar-refractivity contribution in [2.75, 3.05) is 17.2 Å². The van der Waals surface area contributed by atoms with Crippen LogP contribution in [0, 0.1) is 19.8 Å². The average Bonchev–Trinajstić information content (AvgIpc) is 2.67. The van der Waals surface area contributed by atoms with Crippen LogP contribution in [0.5, 0.6) is 0 Å². The van der Waals surface area contributed by atoms with Crippen LogP contribution in [-0.4, -0.2) is 22.0 Å². The summed E-state index contributed by atoms with van der Waals surface area (Å²) in [6, 6.07) is 13.4. The molecule has 0 aliphatic heterocycles. The fraction of sp³-hybridized carbons (Fsp3) is 0.348. The number of carbonyl (C=O) groups excluding carboxylic acids is 1. The molecule has 0 aliphatic carbocycles. The van der Waals surface area contributed by atoms with E-state index >= 15 is 0 Å². The smallest absolute Gasteiger partial charge is 0.350 e. The summed E-state index contributed by atoms with van der Waals surface area (Å²) >= 11 is 0. The van der Waals surface area contributed by atoms with Crippen LogP contribution in [0.15, 0.2) is 47.3 Å². The zero-order valence-corrected chi connectivity index (χ0v) is 17.5. The minimum absolute atomic E-state index is 0.0913. The van der Waals surface area contributed by atoms with Gasteiger partial charge in [-0.2, -0.15) is 4.98 Å². The van der Waals surface area contributed by atoms with Gasteiger partial charge in [0.05, 0.1) is 5.52 Å². The van der Waals surface area contributed by atoms with Crippen LogP contribution in [-0.2, 0) is 11.3 Å². The van der Waals surface area contributed by atoms with Crippen molar-refractivity contribution in [1.82, 2.24) is 9.55 Å². The van der Waals surface area contributed by atoms with Crippen LogP contribution in [0.2, 0.25) is 0 Å². The van der Waals surface area contributed by atoms with Crippen LogP contribution in [0.3, 0.4) is 0 Å². The number of rotatable bonds is 7. The summed E-state index contributed by atoms with van der Waals surface area (Å²) in [5, 5.41) is 7.01. The number of fused-ring (bicyclic) bond motifs is 1. The summed E-state index contributed by atoms with van der Waals surface area (Å²) in [4.78, 5) is 29.6. The van der Waals surface area contributed by atoms with Crippen molar-refractivity contribution in [2.45, 2.75) is 40.7 Å². The van der Waals surface area contributed by atoms with Crippen molar-refractivity contribution in [3.8, 4) is 0 Å². The molecule has 3 rings (SSSR count). The molecule has 0 bridgehead atoms. The third kappa shape index (κ3) is 5.02. The second-order valence-corrected chi connectivity index (χ2v) is 7.82. The molecule has 1 amide bonds. The molecular weight excluding hydrogens is 364 g/mol. The molecule has 1 heterocycles. The third-order valence-electron chi connectivity index (χ3n) is 4.87. The number of nitrogens with zero attached hydrogens (tertiary/aromatic N) is 2. The summed E-state index contributed by atoms with van der Waals surface area (Å²) in [7, 11) is 0. The highest BCUT2D eigenvalue weighted by atomic mass is 16.2. The van der Waals surface area contributed by atoms with Gasteiger partial charge in [0.2, 0.25) is 5.91 Å². The Morgan fingerprint density at radius 2 is 1.90 bits per heavy atom. The maximum Gasteiger partial charge on any atom is 0.350 e. The minimum atomic E-state index is -0.438. The van der Waals surface area contributed by atoms with Crippen molar-refractivity contribution < 1.29 is 4.79 Å². The summed E-state index contributed by atoms with van der Waals surface area (Å²) in [5.41, 5.74) is 3.05. The second-order valence-electron chi connectivity index (χ2n) is 7.82. The maximum atomic E-state index is 12.7. The number of benzene rings is 2. The predicted octanol–water partition coefficient (Wildman–Crippen LogP) is 4.11. The Hall–Kier alpha value is -3.15. The first-order valence-corrected chi connectivity index (χ1v) is 9.95. The van der Waals surface area contributed by atoms with Gasteiger partial charge in [0.1, 0.15) is 12.4 Å². The van der Waals surface area contributed by atoms with E-state index in [-0.39, 0.29) is 12.5 Å². The summed E-state index contributed by atoms with van der Waals surface area (Å²) in [6.07, 6.45) is 0.983. The van der Waals surface area contributed by atoms with Crippen LogP contribution in [0.25, 0.3) is 10.9 Å². The molecule has 152 valence electrons. The lowest BCUT2D eigenvalue weighted by molar-refractivity contribution is -0.116. The monoisotopic (exact) mass is 392 g/mol. The lowest BCUT2D eigenvalue weighted by atomic mass is 10.1. The highest BCUT2D eigenvalue weighted by molar-refractivity contribution is 5.94. The molecule has 0 radical (unpaired) electrons. The topological polar surface area (TPSA) is 76.0 Å². The Balaban J connectivity index is 1.87. The number of hydrogen-bond acceptors (Lipinski definition) is 4. The van der Waals surface area contributed by atoms with Crippen molar-refractivity contribution in [3.63, 3.8) is 0 Å². The molecule has 0 fully saturated rings. The number of hydrogen-bond donors (Lipinski definition) is 2. The van der Waals surface area contributed by atoms with E-state index in [9.17, 15) is 9.59 Å². The lowest BCUT2D eigenvalue weighted by Gasteiger charge is -2.15. The Morgan fingerprint density at radius 1 is 1.14 bits per heavy atom. The van der Waals surface area contributed by atoms with E-state index in [4.69, 9.17) is 0 Å². The SMILES string of the molecule is Cc1ccc(C)c(NC(=O)Cn2c(=O)nc(NCCC(C)C)c3ccccc32)c1. The number of aryl methyl sites for hydroxylation is 2. The molecule has 1 aromatic heterocycles. The van der Waals surface area contributed by atoms with Crippen molar-refractivity contribution in [2.24, 2.45) is 5.92 Å². The first kappa shape index (κ1) is 20.6. The molecule has 0 aliphatic rings. The number of amides is 1. The zero-order chi connectivity index (χ0) is 21.0. The number of para-hydroxylation sites is 1. The third-order valence-corrected chi connectivity index (χ3v) is 4.87. The van der Waals surface area contributed by atoms with Crippen molar-refractivity contribution in [3.05, 3.63) is 64.1 Å². The van der Waals surface area contributed by atoms with Gasteiger partial charge in [0.15, 0.2) is 0 Å². The van der Waals surface area contributed by atoms with Gasteiger partial charge in [-0.25, -0.2) is 4.79 Å². The molecule has 0 atom stereocenters. The highest BCUT2D eigenvalue weighted by Gasteiger charge is 2.14. The van der Waals surface area contributed by atoms with Crippen LogP contribution in [0.1, 0.15) is 31.4 Å². The Morgan fingerprint density at radius 3 is 2.66 bits per heavy atom. The molecular formula is C23H28N4O2. The molecule has 0 saturated heterocycles. The molecule has 29 heavy (non-hydrogen) atoms. The van der Waals surface area contributed by atoms with Gasteiger partial charge < -0.3 is 10.6 Å². The molecule has 6 heteroatoms. The number of nitrogens with one attached hydrogen (secondary N) is 2. The molecule has 2 N–H and O–H groups in total. The van der Waals surface area contributed by atoms with Crippen molar-refractivity contribution >= 4 is 28.3 Å². The summed E-state index contributed by atoms with van der Waals surface area (Å²) in [6.45, 7) is 8.87. The van der Waals surface area contributed by atoms with Gasteiger partial charge in [-0.05, 0) is 55.5 Å². The Bertz CT molecular complexity index is 1090. The van der Waals surface area contributed by atoms with Crippen LogP contribution >= 0.6 is 0 Å². The van der Waals surface area contributed by atoms with E-state index in [1.165, 1.54) is 4.57 Å². The molecule has 0 unspecified atom stereocenters. The average molecular weight is 393 g/mol. The van der Waals surface area contributed by atoms with E-state index in [0.717, 1.165) is 35.2 Å². The molecule has 0 spiro atoms. The first-order valence-electron chi connectivity index (χ1n) is 9.95. The maximum absolute atomic E-state index is 12.7. The quantitative estimate of drug-likeness (QED) is 0.634. The highest BCUT2D eigenvalue weighted by Crippen LogP contribution is 2.20. The first-order chi connectivity index (χ1) is 13.8. The van der Waals surface area contributed by atoms with E-state index in [2.05, 4.69) is 29.5 Å². The largest absolute Gasteiger partial charge is 0.369 e. The van der Waals surface area contributed by atoms with Gasteiger partial charge in [-0.1, -0.05) is 38.1 Å². The standard InChI is InChI=1S/C23H28N4O2/c1-15(2)11-12-24-22-18-7-5-6-8-20(18)27(23(29)26-22)14-21(28)25-19-13-16(3)9-10-17(19)4/h5-10,13,15H,11-12,14H2,1-4H3,(H,25,28)(H,24,26,29). The zero-order valence-electron chi connectivity index (χ0n) is 17.5. The Kier molecular flexibility index (Phi) is 6.32. The van der Waals surface area contributed by atoms with Crippen LogP contribution < -0.4 is 16.3 Å². The van der Waals surface area contributed by atoms with E-state index in [1.807, 2.05) is 56.3 Å². The van der Waals surface area contributed by atoms with Crippen LogP contribution in [0.4, 0.5) is 11.5 Å². The minimum Gasteiger partial charge on any atom is -0.369 e. The molecule has 2 aromatic carbocycles. The number of aromatic nitrogens is 2. The summed E-state index contributed by atoms with van der Waals surface area (Å²) in [5.74, 6) is 0.869. The van der Waals surface area contributed by atoms with E-state index < -0.39 is 5.69 Å². The summed E-state index contributed by atoms with van der Waals surface area (Å²) < 4.78 is 1.42. The van der Waals surface area contributed by atoms with Gasteiger partial charge in [-0.3, -0.25) is 9.36 Å². The van der Waals surface area contributed by atoms with E-state index in [0.29, 0.717) is 17.3 Å². The van der Waals surface area contributed by atoms with Gasteiger partial charge in [0.25, 0.3) is 0 Å². The van der Waals surface area contributed by atoms with Crippen molar-refractivity contribution in [1.29, 1.82) is 0 Å². The number of anilines is 2. The normalized spacial score (nSPS) is 11.1. The Labute approximate surface area is 171 Å². The van der Waals surface area contributed by atoms with Gasteiger partial charge in [0, 0.05) is 17.6 Å². The fourth-order valence-electron chi connectivity index (χ4n) is 3.20. The predicted molar refractivity (Wildman–Crippen MR) is 118 cm³/mol. The fourth-order valence-corrected chi connectivity index (χ4v) is 3.20. The molecule has 0 saturated carbocycles. The lowest BCUT2D eigenvalue weighted by Crippen LogP contribution is -2.30. The molecule has 6 nitrogen and oxygen atoms in total. The second kappa shape index (κ2) is 8.90. The van der Waals surface area contributed by atoms with Gasteiger partial charge in [-0.15, -0.1) is 0 Å². The number of carbonyl (C=O) groups is 1. The van der Waals surface area contributed by atoms with E-state index in [1.54, 1.807) is 0 Å². The van der Waals surface area contributed by atoms with Gasteiger partial charge >= 0.3 is 5.69 Å². The molecule has 3 aromatic rings.